The van der Waals surface area contributed by atoms with E-state index in [0.29, 0.717) is 17.1 Å². The molecule has 1 saturated carbocycles. The van der Waals surface area contributed by atoms with Crippen molar-refractivity contribution in [2.24, 2.45) is 11.8 Å². The number of rotatable bonds is 7. The van der Waals surface area contributed by atoms with Crippen LogP contribution in [0.2, 0.25) is 0 Å². The molecule has 3 fully saturated rings. The van der Waals surface area contributed by atoms with Gasteiger partial charge in [-0.1, -0.05) is 0 Å². The summed E-state index contributed by atoms with van der Waals surface area (Å²) in [6.45, 7) is 5.14. The molecule has 0 bridgehead atoms. The fourth-order valence-corrected chi connectivity index (χ4v) is 6.18. The minimum absolute atomic E-state index is 0.121. The van der Waals surface area contributed by atoms with E-state index in [1.807, 2.05) is 43.5 Å². The first kappa shape index (κ1) is 22.8. The summed E-state index contributed by atoms with van der Waals surface area (Å²) in [6.07, 6.45) is 6.38. The lowest BCUT2D eigenvalue weighted by Gasteiger charge is -2.24. The number of thiazole rings is 1. The molecule has 8 nitrogen and oxygen atoms in total. The van der Waals surface area contributed by atoms with Crippen molar-refractivity contribution in [3.8, 4) is 0 Å². The van der Waals surface area contributed by atoms with Gasteiger partial charge in [-0.3, -0.25) is 4.79 Å². The fraction of sp³-hybridized carbons (Fsp3) is 0.440. The van der Waals surface area contributed by atoms with Gasteiger partial charge in [-0.2, -0.15) is 0 Å². The Hall–Kier alpha value is -2.69. The van der Waals surface area contributed by atoms with Gasteiger partial charge in [0.25, 0.3) is 0 Å². The number of carbonyl (C=O) groups is 1. The minimum Gasteiger partial charge on any atom is -0.355 e. The predicted molar refractivity (Wildman–Crippen MR) is 141 cm³/mol. The molecule has 3 aliphatic rings. The van der Waals surface area contributed by atoms with Crippen molar-refractivity contribution in [2.75, 3.05) is 35.2 Å². The average Bonchev–Trinajstić information content (AvgIpc) is 3.50. The number of benzene rings is 1. The first-order chi connectivity index (χ1) is 17.1. The Morgan fingerprint density at radius 2 is 2.03 bits per heavy atom. The van der Waals surface area contributed by atoms with Crippen LogP contribution < -0.4 is 20.9 Å². The Morgan fingerprint density at radius 1 is 1.17 bits per heavy atom. The lowest BCUT2D eigenvalue weighted by molar-refractivity contribution is -0.117. The summed E-state index contributed by atoms with van der Waals surface area (Å²) >= 11 is 3.14. The molecule has 182 valence electrons. The summed E-state index contributed by atoms with van der Waals surface area (Å²) in [5.41, 5.74) is 0.828. The van der Waals surface area contributed by atoms with Crippen molar-refractivity contribution in [1.82, 2.24) is 20.3 Å². The third kappa shape index (κ3) is 5.44. The lowest BCUT2D eigenvalue weighted by atomic mass is 9.94. The predicted octanol–water partition coefficient (Wildman–Crippen LogP) is 4.67. The number of aromatic nitrogens is 3. The Balaban J connectivity index is 1.22. The van der Waals surface area contributed by atoms with Gasteiger partial charge in [0, 0.05) is 52.8 Å². The molecular weight excluding hydrogens is 478 g/mol. The third-order valence-corrected chi connectivity index (χ3v) is 8.45. The molecule has 1 aromatic carbocycles. The van der Waals surface area contributed by atoms with Gasteiger partial charge < -0.3 is 20.9 Å². The van der Waals surface area contributed by atoms with Crippen LogP contribution in [0.5, 0.6) is 0 Å². The highest BCUT2D eigenvalue weighted by Crippen LogP contribution is 2.34. The second kappa shape index (κ2) is 9.75. The normalized spacial score (nSPS) is 21.6. The zero-order chi connectivity index (χ0) is 23.8. The third-order valence-electron chi connectivity index (χ3n) is 6.75. The van der Waals surface area contributed by atoms with Crippen LogP contribution >= 0.6 is 23.1 Å². The van der Waals surface area contributed by atoms with Crippen molar-refractivity contribution in [1.29, 1.82) is 0 Å². The number of anilines is 4. The van der Waals surface area contributed by atoms with Gasteiger partial charge in [0.2, 0.25) is 5.91 Å². The summed E-state index contributed by atoms with van der Waals surface area (Å²) in [5.74, 6) is 2.68. The molecule has 1 amide bonds. The molecule has 2 saturated heterocycles. The van der Waals surface area contributed by atoms with Crippen molar-refractivity contribution in [3.05, 3.63) is 41.4 Å². The van der Waals surface area contributed by atoms with Gasteiger partial charge in [0.15, 0.2) is 10.3 Å². The Kier molecular flexibility index (Phi) is 6.34. The molecule has 10 heteroatoms. The lowest BCUT2D eigenvalue weighted by Crippen LogP contribution is -2.40. The van der Waals surface area contributed by atoms with Gasteiger partial charge in [-0.15, -0.1) is 11.3 Å². The van der Waals surface area contributed by atoms with E-state index in [1.165, 1.54) is 24.6 Å². The summed E-state index contributed by atoms with van der Waals surface area (Å²) in [4.78, 5) is 30.8. The molecular formula is C25H29N7OS2. The molecule has 6 rings (SSSR count). The van der Waals surface area contributed by atoms with Crippen LogP contribution in [0, 0.1) is 18.8 Å². The van der Waals surface area contributed by atoms with Gasteiger partial charge in [0.05, 0.1) is 0 Å². The highest BCUT2D eigenvalue weighted by atomic mass is 32.2. The standard InChI is InChI=1S/C25H29N7OS2/c1-15-12-27-24(34-15)29-21-11-22(32-13-17-3-2-10-26-20(17)14-32)31-25(30-21)35-19-8-6-18(7-9-19)28-23(33)16-4-5-16/h6-9,11-12,16-17,20,26H,2-5,10,13-14H2,1H3,(H,28,33)(H,27,29,30,31). The highest BCUT2D eigenvalue weighted by Gasteiger charge is 2.35. The van der Waals surface area contributed by atoms with Crippen molar-refractivity contribution < 1.29 is 4.79 Å². The largest absolute Gasteiger partial charge is 0.355 e. The maximum absolute atomic E-state index is 12.0. The average molecular weight is 508 g/mol. The van der Waals surface area contributed by atoms with Crippen molar-refractivity contribution in [2.45, 2.75) is 48.7 Å². The minimum atomic E-state index is 0.121. The van der Waals surface area contributed by atoms with Gasteiger partial charge in [-0.25, -0.2) is 15.0 Å². The smallest absolute Gasteiger partial charge is 0.227 e. The monoisotopic (exact) mass is 507 g/mol. The second-order valence-electron chi connectivity index (χ2n) is 9.55. The van der Waals surface area contributed by atoms with E-state index in [-0.39, 0.29) is 11.8 Å². The molecule has 3 N–H and O–H groups in total. The van der Waals surface area contributed by atoms with Crippen LogP contribution in [0.4, 0.5) is 22.5 Å². The van der Waals surface area contributed by atoms with Crippen LogP contribution in [-0.2, 0) is 4.79 Å². The second-order valence-corrected chi connectivity index (χ2v) is 11.8. The number of piperidine rings is 1. The molecule has 2 aliphatic heterocycles. The maximum Gasteiger partial charge on any atom is 0.227 e. The number of carbonyl (C=O) groups excluding carboxylic acids is 1. The van der Waals surface area contributed by atoms with Crippen LogP contribution in [-0.4, -0.2) is 46.5 Å². The number of hydrogen-bond donors (Lipinski definition) is 3. The molecule has 2 atom stereocenters. The number of fused-ring (bicyclic) bond motifs is 1. The topological polar surface area (TPSA) is 95.1 Å². The van der Waals surface area contributed by atoms with Crippen molar-refractivity contribution >= 4 is 51.5 Å². The summed E-state index contributed by atoms with van der Waals surface area (Å²) in [7, 11) is 0. The van der Waals surface area contributed by atoms with Gasteiger partial charge in [-0.05, 0) is 81.1 Å². The van der Waals surface area contributed by atoms with E-state index < -0.39 is 0 Å². The number of aryl methyl sites for hydroxylation is 1. The molecule has 1 aliphatic carbocycles. The quantitative estimate of drug-likeness (QED) is 0.397. The van der Waals surface area contributed by atoms with Crippen LogP contribution in [0.1, 0.15) is 30.6 Å². The highest BCUT2D eigenvalue weighted by molar-refractivity contribution is 7.99. The Labute approximate surface area is 213 Å². The molecule has 0 spiro atoms. The molecule has 3 aromatic rings. The number of hydrogen-bond acceptors (Lipinski definition) is 9. The molecule has 0 radical (unpaired) electrons. The van der Waals surface area contributed by atoms with E-state index in [2.05, 4.69) is 25.8 Å². The van der Waals surface area contributed by atoms with Gasteiger partial charge in [0.1, 0.15) is 11.6 Å². The van der Waals surface area contributed by atoms with E-state index in [9.17, 15) is 4.79 Å². The van der Waals surface area contributed by atoms with E-state index in [0.717, 1.165) is 64.7 Å². The molecule has 4 heterocycles. The van der Waals surface area contributed by atoms with Crippen LogP contribution in [0.25, 0.3) is 0 Å². The van der Waals surface area contributed by atoms with Gasteiger partial charge >= 0.3 is 0 Å². The van der Waals surface area contributed by atoms with E-state index in [4.69, 9.17) is 9.97 Å². The zero-order valence-corrected chi connectivity index (χ0v) is 21.3. The zero-order valence-electron chi connectivity index (χ0n) is 19.7. The van der Waals surface area contributed by atoms with E-state index >= 15 is 0 Å². The number of nitrogens with one attached hydrogen (secondary N) is 3. The summed E-state index contributed by atoms with van der Waals surface area (Å²) < 4.78 is 0. The molecule has 2 unspecified atom stereocenters. The summed E-state index contributed by atoms with van der Waals surface area (Å²) in [6, 6.07) is 10.5. The maximum atomic E-state index is 12.0. The first-order valence-corrected chi connectivity index (χ1v) is 13.9. The SMILES string of the molecule is Cc1cnc(Nc2cc(N3CC4CCCNC4C3)nc(Sc3ccc(NC(=O)C4CC4)cc3)n2)s1. The molecule has 2 aromatic heterocycles. The summed E-state index contributed by atoms with van der Waals surface area (Å²) in [5, 5.41) is 11.6. The van der Waals surface area contributed by atoms with Crippen molar-refractivity contribution in [3.63, 3.8) is 0 Å². The Morgan fingerprint density at radius 3 is 2.77 bits per heavy atom. The van der Waals surface area contributed by atoms with E-state index in [1.54, 1.807) is 11.3 Å². The van der Waals surface area contributed by atoms with Crippen LogP contribution in [0.3, 0.4) is 0 Å². The first-order valence-electron chi connectivity index (χ1n) is 12.2. The molecule has 35 heavy (non-hydrogen) atoms. The number of amides is 1. The fourth-order valence-electron chi connectivity index (χ4n) is 4.74. The Bertz CT molecular complexity index is 1200. The number of nitrogens with zero attached hydrogens (tertiary/aromatic N) is 4. The van der Waals surface area contributed by atoms with Crippen LogP contribution in [0.15, 0.2) is 46.6 Å².